The Hall–Kier alpha value is -1.31. The standard InChI is InChI=1S/C12H16N2/c1-2-14-10-6-9-12(14)13-11-7-4-3-5-8-11/h3-5,7-8H,2,6,9-10H2,1H3. The van der Waals surface area contributed by atoms with Gasteiger partial charge in [0.1, 0.15) is 5.84 Å². The van der Waals surface area contributed by atoms with Gasteiger partial charge in [-0.1, -0.05) is 18.2 Å². The molecule has 0 N–H and O–H groups in total. The van der Waals surface area contributed by atoms with Crippen LogP contribution in [-0.2, 0) is 0 Å². The van der Waals surface area contributed by atoms with E-state index in [0.717, 1.165) is 18.7 Å². The first-order valence-electron chi connectivity index (χ1n) is 5.27. The second-order valence-electron chi connectivity index (χ2n) is 3.55. The first-order chi connectivity index (χ1) is 6.90. The molecule has 0 bridgehead atoms. The van der Waals surface area contributed by atoms with Crippen LogP contribution in [0.4, 0.5) is 5.69 Å². The van der Waals surface area contributed by atoms with Crippen molar-refractivity contribution in [3.63, 3.8) is 0 Å². The van der Waals surface area contributed by atoms with Gasteiger partial charge in [0.2, 0.25) is 0 Å². The van der Waals surface area contributed by atoms with E-state index < -0.39 is 0 Å². The van der Waals surface area contributed by atoms with Crippen LogP contribution >= 0.6 is 0 Å². The van der Waals surface area contributed by atoms with Crippen LogP contribution in [0.25, 0.3) is 0 Å². The molecule has 2 heteroatoms. The SMILES string of the molecule is CCN1CCCC1=Nc1ccccc1. The third-order valence-corrected chi connectivity index (χ3v) is 2.59. The zero-order valence-corrected chi connectivity index (χ0v) is 8.61. The molecule has 1 saturated heterocycles. The maximum Gasteiger partial charge on any atom is 0.105 e. The van der Waals surface area contributed by atoms with Crippen molar-refractivity contribution in [3.05, 3.63) is 30.3 Å². The first-order valence-corrected chi connectivity index (χ1v) is 5.27. The van der Waals surface area contributed by atoms with Gasteiger partial charge in [-0.3, -0.25) is 0 Å². The van der Waals surface area contributed by atoms with E-state index in [2.05, 4.69) is 28.9 Å². The van der Waals surface area contributed by atoms with Crippen LogP contribution in [0.3, 0.4) is 0 Å². The van der Waals surface area contributed by atoms with Crippen molar-refractivity contribution in [2.45, 2.75) is 19.8 Å². The van der Waals surface area contributed by atoms with Crippen molar-refractivity contribution in [1.82, 2.24) is 4.90 Å². The second kappa shape index (κ2) is 4.27. The molecular weight excluding hydrogens is 172 g/mol. The summed E-state index contributed by atoms with van der Waals surface area (Å²) < 4.78 is 0. The molecule has 0 saturated carbocycles. The molecule has 2 rings (SSSR count). The maximum absolute atomic E-state index is 4.65. The van der Waals surface area contributed by atoms with Gasteiger partial charge >= 0.3 is 0 Å². The van der Waals surface area contributed by atoms with E-state index >= 15 is 0 Å². The zero-order valence-electron chi connectivity index (χ0n) is 8.61. The lowest BCUT2D eigenvalue weighted by Crippen LogP contribution is -2.23. The molecule has 1 aliphatic heterocycles. The summed E-state index contributed by atoms with van der Waals surface area (Å²) in [4.78, 5) is 7.01. The third kappa shape index (κ3) is 1.95. The van der Waals surface area contributed by atoms with Gasteiger partial charge in [-0.2, -0.15) is 0 Å². The topological polar surface area (TPSA) is 15.6 Å². The summed E-state index contributed by atoms with van der Waals surface area (Å²) >= 11 is 0. The molecule has 0 unspecified atom stereocenters. The smallest absolute Gasteiger partial charge is 0.105 e. The lowest BCUT2D eigenvalue weighted by atomic mass is 10.3. The van der Waals surface area contributed by atoms with Crippen molar-refractivity contribution >= 4 is 11.5 Å². The summed E-state index contributed by atoms with van der Waals surface area (Å²) in [5.74, 6) is 1.25. The van der Waals surface area contributed by atoms with Gasteiger partial charge in [0.25, 0.3) is 0 Å². The Bertz CT molecular complexity index is 316. The van der Waals surface area contributed by atoms with Crippen LogP contribution in [0.5, 0.6) is 0 Å². The molecule has 1 aliphatic rings. The van der Waals surface area contributed by atoms with Crippen molar-refractivity contribution in [2.75, 3.05) is 13.1 Å². The Kier molecular flexibility index (Phi) is 2.82. The Labute approximate surface area is 85.3 Å². The summed E-state index contributed by atoms with van der Waals surface area (Å²) in [6, 6.07) is 10.2. The fourth-order valence-corrected chi connectivity index (χ4v) is 1.83. The van der Waals surface area contributed by atoms with E-state index in [0.29, 0.717) is 0 Å². The molecule has 0 radical (unpaired) electrons. The van der Waals surface area contributed by atoms with Gasteiger partial charge < -0.3 is 4.90 Å². The van der Waals surface area contributed by atoms with Crippen molar-refractivity contribution in [2.24, 2.45) is 4.99 Å². The van der Waals surface area contributed by atoms with Crippen LogP contribution in [-0.4, -0.2) is 23.8 Å². The minimum atomic E-state index is 1.07. The summed E-state index contributed by atoms with van der Waals surface area (Å²) in [7, 11) is 0. The minimum absolute atomic E-state index is 1.07. The zero-order chi connectivity index (χ0) is 9.80. The van der Waals surface area contributed by atoms with Crippen molar-refractivity contribution in [1.29, 1.82) is 0 Å². The summed E-state index contributed by atoms with van der Waals surface area (Å²) in [6.45, 7) is 4.43. The number of nitrogens with zero attached hydrogens (tertiary/aromatic N) is 2. The highest BCUT2D eigenvalue weighted by atomic mass is 15.2. The van der Waals surface area contributed by atoms with Crippen molar-refractivity contribution < 1.29 is 0 Å². The highest BCUT2D eigenvalue weighted by Gasteiger charge is 2.15. The second-order valence-corrected chi connectivity index (χ2v) is 3.55. The van der Waals surface area contributed by atoms with E-state index in [9.17, 15) is 0 Å². The average Bonchev–Trinajstić information content (AvgIpc) is 2.67. The number of rotatable bonds is 2. The molecule has 0 aromatic heterocycles. The van der Waals surface area contributed by atoms with Gasteiger partial charge in [0.05, 0.1) is 5.69 Å². The van der Waals surface area contributed by atoms with Crippen LogP contribution in [0, 0.1) is 0 Å². The molecule has 1 fully saturated rings. The number of amidine groups is 1. The summed E-state index contributed by atoms with van der Waals surface area (Å²) in [6.07, 6.45) is 2.38. The maximum atomic E-state index is 4.65. The number of aliphatic imine (C=N–C) groups is 1. The Morgan fingerprint density at radius 1 is 1.29 bits per heavy atom. The van der Waals surface area contributed by atoms with E-state index in [4.69, 9.17) is 0 Å². The Balaban J connectivity index is 2.18. The highest BCUT2D eigenvalue weighted by molar-refractivity contribution is 5.86. The predicted molar refractivity (Wildman–Crippen MR) is 60.0 cm³/mol. The summed E-state index contributed by atoms with van der Waals surface area (Å²) in [5.41, 5.74) is 1.07. The van der Waals surface area contributed by atoms with Crippen LogP contribution < -0.4 is 0 Å². The monoisotopic (exact) mass is 188 g/mol. The van der Waals surface area contributed by atoms with Gasteiger partial charge in [-0.05, 0) is 25.5 Å². The van der Waals surface area contributed by atoms with E-state index in [-0.39, 0.29) is 0 Å². The highest BCUT2D eigenvalue weighted by Crippen LogP contribution is 2.17. The predicted octanol–water partition coefficient (Wildman–Crippen LogP) is 2.83. The minimum Gasteiger partial charge on any atom is -0.360 e. The van der Waals surface area contributed by atoms with Crippen molar-refractivity contribution in [3.8, 4) is 0 Å². The lowest BCUT2D eigenvalue weighted by Gasteiger charge is -2.15. The number of para-hydroxylation sites is 1. The van der Waals surface area contributed by atoms with Gasteiger partial charge in [-0.15, -0.1) is 0 Å². The van der Waals surface area contributed by atoms with Gasteiger partial charge in [-0.25, -0.2) is 4.99 Å². The molecule has 0 atom stereocenters. The molecule has 1 aromatic rings. The van der Waals surface area contributed by atoms with Gasteiger partial charge in [0, 0.05) is 19.5 Å². The molecule has 0 aliphatic carbocycles. The number of hydrogen-bond donors (Lipinski definition) is 0. The molecular formula is C12H16N2. The molecule has 74 valence electrons. The largest absolute Gasteiger partial charge is 0.360 e. The van der Waals surface area contributed by atoms with Gasteiger partial charge in [0.15, 0.2) is 0 Å². The molecule has 1 aromatic carbocycles. The summed E-state index contributed by atoms with van der Waals surface area (Å²) in [5, 5.41) is 0. The number of benzene rings is 1. The molecule has 14 heavy (non-hydrogen) atoms. The quantitative estimate of drug-likeness (QED) is 0.696. The Morgan fingerprint density at radius 3 is 2.79 bits per heavy atom. The van der Waals surface area contributed by atoms with Crippen LogP contribution in [0.2, 0.25) is 0 Å². The fraction of sp³-hybridized carbons (Fsp3) is 0.417. The molecule has 0 spiro atoms. The fourth-order valence-electron chi connectivity index (χ4n) is 1.83. The van der Waals surface area contributed by atoms with E-state index in [1.54, 1.807) is 0 Å². The van der Waals surface area contributed by atoms with E-state index in [1.807, 2.05) is 18.2 Å². The molecule has 0 amide bonds. The lowest BCUT2D eigenvalue weighted by molar-refractivity contribution is 0.479. The third-order valence-electron chi connectivity index (χ3n) is 2.59. The first kappa shape index (κ1) is 9.25. The normalized spacial score (nSPS) is 19.2. The Morgan fingerprint density at radius 2 is 2.07 bits per heavy atom. The number of hydrogen-bond acceptors (Lipinski definition) is 1. The number of likely N-dealkylation sites (tertiary alicyclic amines) is 1. The van der Waals surface area contributed by atoms with Crippen LogP contribution in [0.15, 0.2) is 35.3 Å². The van der Waals surface area contributed by atoms with E-state index in [1.165, 1.54) is 18.8 Å². The average molecular weight is 188 g/mol. The molecule has 1 heterocycles. The van der Waals surface area contributed by atoms with Crippen LogP contribution in [0.1, 0.15) is 19.8 Å². The molecule has 2 nitrogen and oxygen atoms in total.